The zero-order valence-electron chi connectivity index (χ0n) is 13.4. The van der Waals surface area contributed by atoms with Crippen molar-refractivity contribution in [2.24, 2.45) is 0 Å². The number of H-pyrrole nitrogens is 1. The number of hydrogen-bond acceptors (Lipinski definition) is 3. The highest BCUT2D eigenvalue weighted by atomic mass is 35.5. The van der Waals surface area contributed by atoms with Gasteiger partial charge in [-0.2, -0.15) is 0 Å². The van der Waals surface area contributed by atoms with E-state index in [0.717, 1.165) is 17.2 Å². The summed E-state index contributed by atoms with van der Waals surface area (Å²) in [6.07, 6.45) is 0. The minimum Gasteiger partial charge on any atom is -0.273 e. The summed E-state index contributed by atoms with van der Waals surface area (Å²) in [5.74, 6) is -0.682. The van der Waals surface area contributed by atoms with Crippen molar-refractivity contribution in [2.75, 3.05) is 0 Å². The lowest BCUT2D eigenvalue weighted by Crippen LogP contribution is -2.31. The van der Waals surface area contributed by atoms with E-state index in [1.807, 2.05) is 39.0 Å². The SMILES string of the molecule is Cc1cccc(C(C)C)c1-n1c(=O)[nH]c(=O)c2cc(F)c(Cl)nc21. The fourth-order valence-corrected chi connectivity index (χ4v) is 2.91. The highest BCUT2D eigenvalue weighted by molar-refractivity contribution is 6.29. The second kappa shape index (κ2) is 5.87. The molecule has 0 aliphatic heterocycles. The van der Waals surface area contributed by atoms with Gasteiger partial charge in [-0.05, 0) is 30.0 Å². The van der Waals surface area contributed by atoms with Crippen LogP contribution in [0.2, 0.25) is 5.15 Å². The first-order valence-corrected chi connectivity index (χ1v) is 7.80. The van der Waals surface area contributed by atoms with Gasteiger partial charge in [0.2, 0.25) is 0 Å². The predicted octanol–water partition coefficient (Wildman–Crippen LogP) is 3.30. The van der Waals surface area contributed by atoms with Gasteiger partial charge in [-0.25, -0.2) is 18.7 Å². The van der Waals surface area contributed by atoms with E-state index in [-0.39, 0.29) is 22.1 Å². The molecule has 3 aromatic rings. The third-order valence-electron chi connectivity index (χ3n) is 3.91. The minimum absolute atomic E-state index is 0.0329. The first kappa shape index (κ1) is 16.4. The summed E-state index contributed by atoms with van der Waals surface area (Å²) in [5.41, 5.74) is 1.06. The van der Waals surface area contributed by atoms with Gasteiger partial charge >= 0.3 is 5.69 Å². The Hall–Kier alpha value is -2.47. The highest BCUT2D eigenvalue weighted by Crippen LogP contribution is 2.27. The number of hydrogen-bond donors (Lipinski definition) is 1. The molecule has 0 unspecified atom stereocenters. The Balaban J connectivity index is 2.56. The number of nitrogens with one attached hydrogen (secondary N) is 1. The van der Waals surface area contributed by atoms with E-state index >= 15 is 0 Å². The molecule has 124 valence electrons. The number of aromatic amines is 1. The van der Waals surface area contributed by atoms with Crippen LogP contribution in [0.3, 0.4) is 0 Å². The van der Waals surface area contributed by atoms with E-state index in [9.17, 15) is 14.0 Å². The quantitative estimate of drug-likeness (QED) is 0.723. The van der Waals surface area contributed by atoms with Crippen LogP contribution in [0.4, 0.5) is 4.39 Å². The third kappa shape index (κ3) is 2.53. The van der Waals surface area contributed by atoms with Gasteiger partial charge < -0.3 is 0 Å². The van der Waals surface area contributed by atoms with Crippen molar-refractivity contribution in [1.29, 1.82) is 0 Å². The molecule has 0 saturated heterocycles. The molecule has 24 heavy (non-hydrogen) atoms. The third-order valence-corrected chi connectivity index (χ3v) is 4.17. The van der Waals surface area contributed by atoms with Crippen LogP contribution in [0, 0.1) is 12.7 Å². The van der Waals surface area contributed by atoms with Crippen molar-refractivity contribution in [2.45, 2.75) is 26.7 Å². The molecule has 2 aromatic heterocycles. The summed E-state index contributed by atoms with van der Waals surface area (Å²) in [6.45, 7) is 5.85. The molecule has 0 radical (unpaired) electrons. The van der Waals surface area contributed by atoms with Crippen LogP contribution in [-0.4, -0.2) is 14.5 Å². The summed E-state index contributed by atoms with van der Waals surface area (Å²) < 4.78 is 15.0. The monoisotopic (exact) mass is 347 g/mol. The molecule has 7 heteroatoms. The number of halogens is 2. The number of rotatable bonds is 2. The maximum Gasteiger partial charge on any atom is 0.334 e. The maximum atomic E-state index is 13.7. The number of aromatic nitrogens is 3. The highest BCUT2D eigenvalue weighted by Gasteiger charge is 2.18. The van der Waals surface area contributed by atoms with Crippen molar-refractivity contribution in [1.82, 2.24) is 14.5 Å². The Kier molecular flexibility index (Phi) is 4.01. The maximum absolute atomic E-state index is 13.7. The predicted molar refractivity (Wildman–Crippen MR) is 91.8 cm³/mol. The summed E-state index contributed by atoms with van der Waals surface area (Å²) in [7, 11) is 0. The van der Waals surface area contributed by atoms with Crippen LogP contribution in [0.5, 0.6) is 0 Å². The molecule has 2 heterocycles. The van der Waals surface area contributed by atoms with Crippen molar-refractivity contribution in [3.8, 4) is 5.69 Å². The molecule has 5 nitrogen and oxygen atoms in total. The van der Waals surface area contributed by atoms with Gasteiger partial charge in [-0.1, -0.05) is 43.6 Å². The molecule has 1 aromatic carbocycles. The van der Waals surface area contributed by atoms with Crippen LogP contribution in [0.25, 0.3) is 16.7 Å². The van der Waals surface area contributed by atoms with Crippen LogP contribution in [0.15, 0.2) is 33.9 Å². The summed E-state index contributed by atoms with van der Waals surface area (Å²) in [4.78, 5) is 30.7. The number of para-hydroxylation sites is 1. The standard InChI is InChI=1S/C17H15ClFN3O2/c1-8(2)10-6-4-5-9(3)13(10)22-15-11(16(23)21-17(22)24)7-12(19)14(18)20-15/h4-8H,1-3H3,(H,21,23,24). The number of fused-ring (bicyclic) bond motifs is 1. The van der Waals surface area contributed by atoms with E-state index in [1.54, 1.807) is 0 Å². The Labute approximate surface area is 141 Å². The molecular formula is C17H15ClFN3O2. The van der Waals surface area contributed by atoms with Gasteiger partial charge in [0, 0.05) is 0 Å². The van der Waals surface area contributed by atoms with Crippen LogP contribution >= 0.6 is 11.6 Å². The number of pyridine rings is 1. The lowest BCUT2D eigenvalue weighted by Gasteiger charge is -2.18. The zero-order valence-corrected chi connectivity index (χ0v) is 14.1. The van der Waals surface area contributed by atoms with E-state index in [0.29, 0.717) is 5.69 Å². The Morgan fingerprint density at radius 3 is 2.67 bits per heavy atom. The van der Waals surface area contributed by atoms with E-state index in [4.69, 9.17) is 11.6 Å². The second-order valence-electron chi connectivity index (χ2n) is 5.89. The second-order valence-corrected chi connectivity index (χ2v) is 6.25. The molecule has 0 spiro atoms. The van der Waals surface area contributed by atoms with Crippen LogP contribution in [0.1, 0.15) is 30.9 Å². The fourth-order valence-electron chi connectivity index (χ4n) is 2.77. The van der Waals surface area contributed by atoms with Crippen molar-refractivity contribution < 1.29 is 4.39 Å². The normalized spacial score (nSPS) is 11.4. The minimum atomic E-state index is -0.811. The smallest absolute Gasteiger partial charge is 0.273 e. The van der Waals surface area contributed by atoms with E-state index in [1.165, 1.54) is 4.57 Å². The number of benzene rings is 1. The zero-order chi connectivity index (χ0) is 17.6. The van der Waals surface area contributed by atoms with Gasteiger partial charge in [0.15, 0.2) is 16.6 Å². The topological polar surface area (TPSA) is 67.8 Å². The first-order valence-electron chi connectivity index (χ1n) is 7.42. The van der Waals surface area contributed by atoms with Gasteiger partial charge in [0.25, 0.3) is 5.56 Å². The Morgan fingerprint density at radius 1 is 1.29 bits per heavy atom. The molecule has 0 fully saturated rings. The molecule has 3 rings (SSSR count). The molecule has 0 aliphatic rings. The molecule has 0 aliphatic carbocycles. The van der Waals surface area contributed by atoms with Gasteiger partial charge in [-0.15, -0.1) is 0 Å². The average Bonchev–Trinajstić information content (AvgIpc) is 2.50. The van der Waals surface area contributed by atoms with Gasteiger partial charge in [0.05, 0.1) is 11.1 Å². The largest absolute Gasteiger partial charge is 0.334 e. The molecular weight excluding hydrogens is 333 g/mol. The Bertz CT molecular complexity index is 1070. The van der Waals surface area contributed by atoms with E-state index in [2.05, 4.69) is 9.97 Å². The van der Waals surface area contributed by atoms with Crippen LogP contribution in [-0.2, 0) is 0 Å². The number of nitrogens with zero attached hydrogens (tertiary/aromatic N) is 2. The lowest BCUT2D eigenvalue weighted by molar-refractivity contribution is 0.623. The molecule has 0 bridgehead atoms. The summed E-state index contributed by atoms with van der Waals surface area (Å²) >= 11 is 5.78. The molecule has 0 atom stereocenters. The van der Waals surface area contributed by atoms with Crippen LogP contribution < -0.4 is 11.2 Å². The molecule has 1 N–H and O–H groups in total. The Morgan fingerprint density at radius 2 is 2.00 bits per heavy atom. The molecule has 0 amide bonds. The summed E-state index contributed by atoms with van der Waals surface area (Å²) in [5, 5.41) is -0.421. The number of aryl methyl sites for hydroxylation is 1. The average molecular weight is 348 g/mol. The van der Waals surface area contributed by atoms with Crippen molar-refractivity contribution in [3.05, 3.63) is 67.2 Å². The van der Waals surface area contributed by atoms with Crippen molar-refractivity contribution >= 4 is 22.6 Å². The lowest BCUT2D eigenvalue weighted by atomic mass is 9.98. The van der Waals surface area contributed by atoms with Gasteiger partial charge in [0.1, 0.15) is 0 Å². The first-order chi connectivity index (χ1) is 11.3. The van der Waals surface area contributed by atoms with E-state index < -0.39 is 17.1 Å². The van der Waals surface area contributed by atoms with Gasteiger partial charge in [-0.3, -0.25) is 9.78 Å². The summed E-state index contributed by atoms with van der Waals surface area (Å²) in [6, 6.07) is 6.65. The fraction of sp³-hybridized carbons (Fsp3) is 0.235. The van der Waals surface area contributed by atoms with Crippen molar-refractivity contribution in [3.63, 3.8) is 0 Å². The molecule has 0 saturated carbocycles.